The van der Waals surface area contributed by atoms with E-state index in [0.717, 1.165) is 0 Å². The summed E-state index contributed by atoms with van der Waals surface area (Å²) in [6, 6.07) is 0. The van der Waals surface area contributed by atoms with Crippen LogP contribution >= 0.6 is 0 Å². The molecule has 9 heteroatoms. The van der Waals surface area contributed by atoms with Gasteiger partial charge in [-0.15, -0.1) is 0 Å². The summed E-state index contributed by atoms with van der Waals surface area (Å²) in [5, 5.41) is 21.4. The molecular formula is C6H2N6O3. The van der Waals surface area contributed by atoms with Crippen LogP contribution in [0, 0.1) is 0 Å². The van der Waals surface area contributed by atoms with Gasteiger partial charge in [0.1, 0.15) is 12.4 Å². The minimum atomic E-state index is 0.368. The second kappa shape index (κ2) is 2.97. The molecule has 3 heterocycles. The molecule has 9 nitrogen and oxygen atoms in total. The minimum Gasteiger partial charge on any atom is -0.244 e. The Bertz CT molecular complexity index is 492. The Labute approximate surface area is 81.0 Å². The van der Waals surface area contributed by atoms with Gasteiger partial charge in [0.25, 0.3) is 0 Å². The Morgan fingerprint density at radius 2 is 1.20 bits per heavy atom. The third kappa shape index (κ3) is 1.17. The summed E-state index contributed by atoms with van der Waals surface area (Å²) >= 11 is 0. The van der Waals surface area contributed by atoms with Crippen LogP contribution in [-0.2, 0) is 0 Å². The van der Waals surface area contributed by atoms with Crippen molar-refractivity contribution in [1.82, 2.24) is 30.9 Å². The highest BCUT2D eigenvalue weighted by atomic mass is 16.6. The van der Waals surface area contributed by atoms with Crippen molar-refractivity contribution in [2.45, 2.75) is 0 Å². The number of nitrogens with zero attached hydrogens (tertiary/aromatic N) is 6. The first-order valence-electron chi connectivity index (χ1n) is 3.83. The molecule has 74 valence electrons. The summed E-state index contributed by atoms with van der Waals surface area (Å²) in [7, 11) is 0. The van der Waals surface area contributed by atoms with Crippen LogP contribution in [0.15, 0.2) is 26.3 Å². The molecule has 3 rings (SSSR count). The summed E-state index contributed by atoms with van der Waals surface area (Å²) in [6.45, 7) is 0. The predicted molar refractivity (Wildman–Crippen MR) is 40.9 cm³/mol. The van der Waals surface area contributed by atoms with Crippen molar-refractivity contribution >= 4 is 0 Å². The molecule has 0 bridgehead atoms. The molecule has 0 saturated heterocycles. The molecule has 0 aromatic carbocycles. The highest BCUT2D eigenvalue weighted by Gasteiger charge is 2.19. The van der Waals surface area contributed by atoms with Gasteiger partial charge in [0, 0.05) is 0 Å². The predicted octanol–water partition coefficient (Wildman–Crippen LogP) is 0.170. The van der Waals surface area contributed by atoms with Crippen LogP contribution in [0.1, 0.15) is 0 Å². The third-order valence-electron chi connectivity index (χ3n) is 1.70. The van der Waals surface area contributed by atoms with Crippen molar-refractivity contribution in [3.05, 3.63) is 12.4 Å². The summed E-state index contributed by atoms with van der Waals surface area (Å²) in [5.74, 6) is 0. The first-order chi connectivity index (χ1) is 7.45. The monoisotopic (exact) mass is 206 g/mol. The van der Waals surface area contributed by atoms with Crippen molar-refractivity contribution < 1.29 is 13.9 Å². The van der Waals surface area contributed by atoms with Crippen LogP contribution in [0.2, 0.25) is 0 Å². The van der Waals surface area contributed by atoms with Gasteiger partial charge in [-0.1, -0.05) is 10.3 Å². The number of hydrogen-bond acceptors (Lipinski definition) is 9. The average Bonchev–Trinajstić information content (AvgIpc) is 3.01. The molecule has 15 heavy (non-hydrogen) atoms. The standard InChI is InChI=1S/C6H2N6O3/c1-3(9-13-7-1)5-6(12-15-11-5)4-2-8-14-10-4/h1-2H. The molecule has 0 fully saturated rings. The van der Waals surface area contributed by atoms with Crippen molar-refractivity contribution in [3.8, 4) is 22.8 Å². The largest absolute Gasteiger partial charge is 0.244 e. The molecule has 0 amide bonds. The first kappa shape index (κ1) is 7.79. The molecule has 3 aromatic heterocycles. The molecule has 0 radical (unpaired) electrons. The Morgan fingerprint density at radius 1 is 0.667 bits per heavy atom. The highest BCUT2D eigenvalue weighted by molar-refractivity contribution is 5.71. The molecule has 0 aliphatic rings. The molecule has 3 aromatic rings. The molecule has 0 N–H and O–H groups in total. The zero-order valence-electron chi connectivity index (χ0n) is 7.06. The van der Waals surface area contributed by atoms with E-state index >= 15 is 0 Å². The number of rotatable bonds is 2. The fraction of sp³-hybridized carbons (Fsp3) is 0. The summed E-state index contributed by atoms with van der Waals surface area (Å²) < 4.78 is 13.5. The molecular weight excluding hydrogens is 204 g/mol. The van der Waals surface area contributed by atoms with Crippen LogP contribution in [0.5, 0.6) is 0 Å². The quantitative estimate of drug-likeness (QED) is 0.577. The topological polar surface area (TPSA) is 117 Å². The number of hydrogen-bond donors (Lipinski definition) is 0. The lowest BCUT2D eigenvalue weighted by Gasteiger charge is -1.86. The molecule has 0 saturated carbocycles. The Kier molecular flexibility index (Phi) is 1.54. The van der Waals surface area contributed by atoms with Gasteiger partial charge < -0.3 is 0 Å². The van der Waals surface area contributed by atoms with Gasteiger partial charge in [-0.05, 0) is 20.6 Å². The SMILES string of the molecule is c1nonc1-c1nonc1-c1cnon1. The van der Waals surface area contributed by atoms with Gasteiger partial charge >= 0.3 is 0 Å². The van der Waals surface area contributed by atoms with Crippen molar-refractivity contribution in [2.24, 2.45) is 0 Å². The minimum absolute atomic E-state index is 0.368. The molecule has 0 aliphatic carbocycles. The fourth-order valence-electron chi connectivity index (χ4n) is 1.06. The maximum atomic E-state index is 4.57. The molecule has 0 unspecified atom stereocenters. The smallest absolute Gasteiger partial charge is 0.168 e. The van der Waals surface area contributed by atoms with Crippen molar-refractivity contribution in [1.29, 1.82) is 0 Å². The Balaban J connectivity index is 2.15. The van der Waals surface area contributed by atoms with E-state index in [0.29, 0.717) is 22.8 Å². The summed E-state index contributed by atoms with van der Waals surface area (Å²) in [4.78, 5) is 0. The first-order valence-corrected chi connectivity index (χ1v) is 3.83. The van der Waals surface area contributed by atoms with E-state index in [9.17, 15) is 0 Å². The average molecular weight is 206 g/mol. The maximum absolute atomic E-state index is 4.57. The van der Waals surface area contributed by atoms with Crippen molar-refractivity contribution in [3.63, 3.8) is 0 Å². The van der Waals surface area contributed by atoms with E-state index in [4.69, 9.17) is 0 Å². The van der Waals surface area contributed by atoms with Gasteiger partial charge in [-0.25, -0.2) is 13.9 Å². The summed E-state index contributed by atoms with van der Waals surface area (Å²) in [6.07, 6.45) is 2.77. The van der Waals surface area contributed by atoms with Gasteiger partial charge in [0.2, 0.25) is 0 Å². The lowest BCUT2D eigenvalue weighted by atomic mass is 10.2. The van der Waals surface area contributed by atoms with Crippen LogP contribution in [0.3, 0.4) is 0 Å². The Hall–Kier alpha value is -2.58. The molecule has 0 aliphatic heterocycles. The van der Waals surface area contributed by atoms with Crippen LogP contribution < -0.4 is 0 Å². The van der Waals surface area contributed by atoms with Gasteiger partial charge in [0.15, 0.2) is 22.8 Å². The van der Waals surface area contributed by atoms with Gasteiger partial charge in [-0.3, -0.25) is 0 Å². The van der Waals surface area contributed by atoms with Crippen LogP contribution in [-0.4, -0.2) is 30.9 Å². The third-order valence-corrected chi connectivity index (χ3v) is 1.70. The molecule has 0 atom stereocenters. The zero-order chi connectivity index (χ0) is 10.1. The van der Waals surface area contributed by atoms with Crippen LogP contribution in [0.4, 0.5) is 0 Å². The highest BCUT2D eigenvalue weighted by Crippen LogP contribution is 2.25. The van der Waals surface area contributed by atoms with E-state index in [2.05, 4.69) is 44.8 Å². The van der Waals surface area contributed by atoms with E-state index in [-0.39, 0.29) is 0 Å². The second-order valence-corrected chi connectivity index (χ2v) is 2.55. The molecule has 0 spiro atoms. The lowest BCUT2D eigenvalue weighted by molar-refractivity contribution is 0.302. The van der Waals surface area contributed by atoms with E-state index in [1.54, 1.807) is 0 Å². The zero-order valence-corrected chi connectivity index (χ0v) is 7.06. The number of aromatic nitrogens is 6. The maximum Gasteiger partial charge on any atom is 0.168 e. The van der Waals surface area contributed by atoms with E-state index < -0.39 is 0 Å². The van der Waals surface area contributed by atoms with Crippen LogP contribution in [0.25, 0.3) is 22.8 Å². The second-order valence-electron chi connectivity index (χ2n) is 2.55. The van der Waals surface area contributed by atoms with E-state index in [1.807, 2.05) is 0 Å². The van der Waals surface area contributed by atoms with Gasteiger partial charge in [-0.2, -0.15) is 0 Å². The normalized spacial score (nSPS) is 10.7. The fourth-order valence-corrected chi connectivity index (χ4v) is 1.06. The van der Waals surface area contributed by atoms with Crippen molar-refractivity contribution in [2.75, 3.05) is 0 Å². The summed E-state index contributed by atoms with van der Waals surface area (Å²) in [5.41, 5.74) is 1.53. The lowest BCUT2D eigenvalue weighted by Crippen LogP contribution is -1.83. The Morgan fingerprint density at radius 3 is 1.60 bits per heavy atom. The van der Waals surface area contributed by atoms with E-state index in [1.165, 1.54) is 12.4 Å². The van der Waals surface area contributed by atoms with Gasteiger partial charge in [0.05, 0.1) is 0 Å².